The van der Waals surface area contributed by atoms with Crippen molar-refractivity contribution in [2.24, 2.45) is 0 Å². The largest absolute Gasteiger partial charge is 0.435 e. The summed E-state index contributed by atoms with van der Waals surface area (Å²) in [5.74, 6) is 0.443. The Balaban J connectivity index is 1.56. The predicted octanol–water partition coefficient (Wildman–Crippen LogP) is 2.88. The van der Waals surface area contributed by atoms with Crippen LogP contribution in [0.25, 0.3) is 22.7 Å². The Kier molecular flexibility index (Phi) is 4.07. The van der Waals surface area contributed by atoms with Crippen LogP contribution in [-0.2, 0) is 0 Å². The lowest BCUT2D eigenvalue weighted by molar-refractivity contribution is 0.166. The number of aliphatic hydroxyl groups is 1. The lowest BCUT2D eigenvalue weighted by Gasteiger charge is -2.23. The van der Waals surface area contributed by atoms with Crippen LogP contribution in [0.1, 0.15) is 12.8 Å². The smallest absolute Gasteiger partial charge is 0.322 e. The van der Waals surface area contributed by atoms with Crippen molar-refractivity contribution in [3.05, 3.63) is 42.6 Å². The average molecular weight is 338 g/mol. The van der Waals surface area contributed by atoms with Gasteiger partial charge in [-0.25, -0.2) is 9.78 Å². The molecular formula is C18H18N4O3. The van der Waals surface area contributed by atoms with Crippen molar-refractivity contribution < 1.29 is 14.3 Å². The van der Waals surface area contributed by atoms with Crippen molar-refractivity contribution in [1.82, 2.24) is 14.9 Å². The van der Waals surface area contributed by atoms with Crippen LogP contribution < -0.4 is 5.32 Å². The molecule has 3 aromatic rings. The highest BCUT2D eigenvalue weighted by Gasteiger charge is 2.28. The van der Waals surface area contributed by atoms with E-state index in [2.05, 4.69) is 15.3 Å². The topological polar surface area (TPSA) is 91.5 Å². The van der Waals surface area contributed by atoms with Gasteiger partial charge >= 0.3 is 6.03 Å². The first kappa shape index (κ1) is 15.6. The van der Waals surface area contributed by atoms with E-state index in [0.717, 1.165) is 12.8 Å². The van der Waals surface area contributed by atoms with Crippen LogP contribution in [0.5, 0.6) is 0 Å². The van der Waals surface area contributed by atoms with Gasteiger partial charge in [0.15, 0.2) is 5.58 Å². The summed E-state index contributed by atoms with van der Waals surface area (Å²) >= 11 is 0. The molecule has 1 aliphatic rings. The minimum Gasteiger partial charge on any atom is -0.435 e. The number of rotatable bonds is 3. The molecule has 1 unspecified atom stereocenters. The van der Waals surface area contributed by atoms with Crippen LogP contribution in [0.3, 0.4) is 0 Å². The molecule has 7 nitrogen and oxygen atoms in total. The van der Waals surface area contributed by atoms with Crippen molar-refractivity contribution in [2.75, 3.05) is 18.5 Å². The Hall–Kier alpha value is -2.93. The maximum Gasteiger partial charge on any atom is 0.322 e. The molecular weight excluding hydrogens is 320 g/mol. The van der Waals surface area contributed by atoms with E-state index in [0.29, 0.717) is 34.9 Å². The van der Waals surface area contributed by atoms with Crippen molar-refractivity contribution in [2.45, 2.75) is 18.9 Å². The van der Waals surface area contributed by atoms with E-state index in [-0.39, 0.29) is 18.7 Å². The van der Waals surface area contributed by atoms with Gasteiger partial charge in [-0.3, -0.25) is 4.98 Å². The molecule has 0 radical (unpaired) electrons. The molecule has 1 fully saturated rings. The molecule has 2 N–H and O–H groups in total. The summed E-state index contributed by atoms with van der Waals surface area (Å²) in [5, 5.41) is 12.2. The quantitative estimate of drug-likeness (QED) is 0.766. The maximum atomic E-state index is 12.4. The van der Waals surface area contributed by atoms with E-state index >= 15 is 0 Å². The molecule has 4 rings (SSSR count). The van der Waals surface area contributed by atoms with E-state index in [1.165, 1.54) is 0 Å². The van der Waals surface area contributed by atoms with Gasteiger partial charge in [-0.2, -0.15) is 0 Å². The fourth-order valence-corrected chi connectivity index (χ4v) is 3.09. The Morgan fingerprint density at radius 1 is 1.36 bits per heavy atom. The number of likely N-dealkylation sites (tertiary alicyclic amines) is 1. The minimum atomic E-state index is -0.208. The average Bonchev–Trinajstić information content (AvgIpc) is 3.28. The van der Waals surface area contributed by atoms with Gasteiger partial charge in [-0.15, -0.1) is 0 Å². The number of benzene rings is 1. The van der Waals surface area contributed by atoms with Crippen LogP contribution in [0.2, 0.25) is 0 Å². The first-order valence-electron chi connectivity index (χ1n) is 8.25. The van der Waals surface area contributed by atoms with E-state index in [4.69, 9.17) is 4.42 Å². The molecule has 0 bridgehead atoms. The van der Waals surface area contributed by atoms with Crippen molar-refractivity contribution in [3.63, 3.8) is 0 Å². The number of pyridine rings is 1. The summed E-state index contributed by atoms with van der Waals surface area (Å²) < 4.78 is 5.77. The van der Waals surface area contributed by atoms with Crippen LogP contribution in [0.4, 0.5) is 10.5 Å². The number of aromatic nitrogens is 2. The number of nitrogens with zero attached hydrogens (tertiary/aromatic N) is 3. The Bertz CT molecular complexity index is 894. The van der Waals surface area contributed by atoms with E-state index in [1.807, 2.05) is 18.2 Å². The molecule has 2 amide bonds. The predicted molar refractivity (Wildman–Crippen MR) is 93.1 cm³/mol. The van der Waals surface area contributed by atoms with Crippen molar-refractivity contribution in [1.29, 1.82) is 0 Å². The zero-order valence-corrected chi connectivity index (χ0v) is 13.6. The van der Waals surface area contributed by atoms with Crippen LogP contribution in [0, 0.1) is 0 Å². The second-order valence-corrected chi connectivity index (χ2v) is 6.02. The number of amides is 2. The fraction of sp³-hybridized carbons (Fsp3) is 0.278. The summed E-state index contributed by atoms with van der Waals surface area (Å²) in [6.07, 6.45) is 3.43. The highest BCUT2D eigenvalue weighted by Crippen LogP contribution is 2.26. The molecule has 25 heavy (non-hydrogen) atoms. The number of fused-ring (bicyclic) bond motifs is 1. The van der Waals surface area contributed by atoms with Gasteiger partial charge in [-0.1, -0.05) is 6.07 Å². The van der Waals surface area contributed by atoms with Gasteiger partial charge < -0.3 is 19.7 Å². The SMILES string of the molecule is O=C(Nc1ccc2nc(-c3ccccn3)oc2c1)N1CCCC1CO. The van der Waals surface area contributed by atoms with Crippen molar-refractivity contribution >= 4 is 22.8 Å². The highest BCUT2D eigenvalue weighted by molar-refractivity contribution is 5.92. The second-order valence-electron chi connectivity index (χ2n) is 6.02. The first-order valence-corrected chi connectivity index (χ1v) is 8.25. The van der Waals surface area contributed by atoms with E-state index in [1.54, 1.807) is 29.3 Å². The molecule has 1 atom stereocenters. The number of hydrogen-bond acceptors (Lipinski definition) is 5. The Morgan fingerprint density at radius 2 is 2.28 bits per heavy atom. The number of hydrogen-bond donors (Lipinski definition) is 2. The molecule has 7 heteroatoms. The summed E-state index contributed by atoms with van der Waals surface area (Å²) in [4.78, 5) is 22.7. The number of aliphatic hydroxyl groups excluding tert-OH is 1. The number of carbonyl (C=O) groups is 1. The number of urea groups is 1. The van der Waals surface area contributed by atoms with E-state index in [9.17, 15) is 9.90 Å². The standard InChI is InChI=1S/C18H18N4O3/c23-11-13-4-3-9-22(13)18(24)20-12-6-7-14-16(10-12)25-17(21-14)15-5-1-2-8-19-15/h1-2,5-8,10,13,23H,3-4,9,11H2,(H,20,24). The Morgan fingerprint density at radius 3 is 3.08 bits per heavy atom. The van der Waals surface area contributed by atoms with Gasteiger partial charge in [-0.05, 0) is 37.1 Å². The molecule has 0 saturated carbocycles. The minimum absolute atomic E-state index is 0.0119. The molecule has 1 aliphatic heterocycles. The summed E-state index contributed by atoms with van der Waals surface area (Å²) in [6.45, 7) is 0.646. The lowest BCUT2D eigenvalue weighted by Crippen LogP contribution is -2.40. The van der Waals surface area contributed by atoms with E-state index < -0.39 is 0 Å². The number of anilines is 1. The van der Waals surface area contributed by atoms with Gasteiger partial charge in [0.05, 0.1) is 12.6 Å². The highest BCUT2D eigenvalue weighted by atomic mass is 16.3. The molecule has 3 heterocycles. The number of carbonyl (C=O) groups excluding carboxylic acids is 1. The van der Waals surface area contributed by atoms with Gasteiger partial charge in [0.25, 0.3) is 0 Å². The molecule has 2 aromatic heterocycles. The Labute approximate surface area is 144 Å². The zero-order valence-electron chi connectivity index (χ0n) is 13.6. The van der Waals surface area contributed by atoms with Gasteiger partial charge in [0.2, 0.25) is 5.89 Å². The zero-order chi connectivity index (χ0) is 17.2. The summed E-state index contributed by atoms with van der Waals surface area (Å²) in [6, 6.07) is 10.6. The fourth-order valence-electron chi connectivity index (χ4n) is 3.09. The lowest BCUT2D eigenvalue weighted by atomic mass is 10.2. The van der Waals surface area contributed by atoms with Crippen molar-refractivity contribution in [3.8, 4) is 11.6 Å². The van der Waals surface area contributed by atoms with Gasteiger partial charge in [0, 0.05) is 24.5 Å². The molecule has 128 valence electrons. The molecule has 1 aromatic carbocycles. The number of nitrogens with one attached hydrogen (secondary N) is 1. The molecule has 0 aliphatic carbocycles. The van der Waals surface area contributed by atoms with Crippen LogP contribution >= 0.6 is 0 Å². The number of oxazole rings is 1. The second kappa shape index (κ2) is 6.52. The van der Waals surface area contributed by atoms with Crippen LogP contribution in [0.15, 0.2) is 47.0 Å². The van der Waals surface area contributed by atoms with Gasteiger partial charge in [0.1, 0.15) is 11.2 Å². The van der Waals surface area contributed by atoms with Crippen LogP contribution in [-0.4, -0.2) is 45.2 Å². The third-order valence-electron chi connectivity index (χ3n) is 4.37. The normalized spacial score (nSPS) is 17.2. The summed E-state index contributed by atoms with van der Waals surface area (Å²) in [7, 11) is 0. The summed E-state index contributed by atoms with van der Waals surface area (Å²) in [5.41, 5.74) is 2.57. The third-order valence-corrected chi connectivity index (χ3v) is 4.37. The monoisotopic (exact) mass is 338 g/mol. The molecule has 0 spiro atoms. The maximum absolute atomic E-state index is 12.4. The first-order chi connectivity index (χ1) is 12.2. The molecule has 1 saturated heterocycles. The third kappa shape index (κ3) is 3.06.